The zero-order valence-electron chi connectivity index (χ0n) is 7.72. The molecule has 0 unspecified atom stereocenters. The van der Waals surface area contributed by atoms with E-state index < -0.39 is 10.1 Å². The normalized spacial score (nSPS) is 19.7. The van der Waals surface area contributed by atoms with Gasteiger partial charge in [0.25, 0.3) is 0 Å². The number of nitrogens with zero attached hydrogens (tertiary/aromatic N) is 1. The lowest BCUT2D eigenvalue weighted by molar-refractivity contribution is -0.110. The average molecular weight is 215 g/mol. The predicted octanol–water partition coefficient (Wildman–Crippen LogP) is 0.404. The summed E-state index contributed by atoms with van der Waals surface area (Å²) >= 11 is 0. The van der Waals surface area contributed by atoms with Gasteiger partial charge in [0.2, 0.25) is 0 Å². The topological polar surface area (TPSA) is 72.8 Å². The maximum Gasteiger partial charge on any atom is 0.325 e. The summed E-state index contributed by atoms with van der Waals surface area (Å²) in [5.41, 5.74) is 0.899. The molecule has 0 saturated heterocycles. The van der Waals surface area contributed by atoms with E-state index in [4.69, 9.17) is 0 Å². The van der Waals surface area contributed by atoms with Crippen molar-refractivity contribution in [1.29, 1.82) is 0 Å². The van der Waals surface area contributed by atoms with Crippen molar-refractivity contribution in [2.45, 2.75) is 6.92 Å². The number of ketones is 1. The molecule has 0 bridgehead atoms. The second kappa shape index (κ2) is 3.75. The summed E-state index contributed by atoms with van der Waals surface area (Å²) < 4.78 is 25.4. The summed E-state index contributed by atoms with van der Waals surface area (Å²) in [5, 5.41) is 3.39. The molecule has 5 nitrogen and oxygen atoms in total. The Morgan fingerprint density at radius 3 is 2.50 bits per heavy atom. The van der Waals surface area contributed by atoms with Gasteiger partial charge in [-0.25, -0.2) is 0 Å². The highest BCUT2D eigenvalue weighted by Gasteiger charge is 2.09. The molecule has 0 aromatic carbocycles. The standard InChI is InChI=1S/C8H9NO4S/c1-6-5-7(10)3-4-8(6)9-13-14(2,11)12/h3-5H,1-2H3/b9-8-. The molecule has 1 aliphatic rings. The molecular formula is C8H9NO4S. The van der Waals surface area contributed by atoms with E-state index in [1.165, 1.54) is 18.2 Å². The molecule has 0 fully saturated rings. The van der Waals surface area contributed by atoms with Gasteiger partial charge in [0, 0.05) is 0 Å². The van der Waals surface area contributed by atoms with Crippen LogP contribution >= 0.6 is 0 Å². The third-order valence-electron chi connectivity index (χ3n) is 1.44. The van der Waals surface area contributed by atoms with Gasteiger partial charge in [-0.1, -0.05) is 5.16 Å². The minimum Gasteiger partial charge on any atom is -0.290 e. The van der Waals surface area contributed by atoms with Gasteiger partial charge in [-0.3, -0.25) is 9.08 Å². The fourth-order valence-corrected chi connectivity index (χ4v) is 1.05. The summed E-state index contributed by atoms with van der Waals surface area (Å²) in [6.07, 6.45) is 4.94. The van der Waals surface area contributed by atoms with Crippen molar-refractivity contribution in [3.05, 3.63) is 23.8 Å². The lowest BCUT2D eigenvalue weighted by Crippen LogP contribution is -2.07. The van der Waals surface area contributed by atoms with Crippen LogP contribution in [-0.2, 0) is 19.2 Å². The van der Waals surface area contributed by atoms with E-state index in [0.717, 1.165) is 6.26 Å². The lowest BCUT2D eigenvalue weighted by Gasteiger charge is -2.04. The Hall–Kier alpha value is -1.43. The molecule has 76 valence electrons. The van der Waals surface area contributed by atoms with E-state index in [1.54, 1.807) is 6.92 Å². The summed E-state index contributed by atoms with van der Waals surface area (Å²) in [4.78, 5) is 10.8. The monoisotopic (exact) mass is 215 g/mol. The van der Waals surface area contributed by atoms with Crippen LogP contribution in [0.5, 0.6) is 0 Å². The van der Waals surface area contributed by atoms with Crippen molar-refractivity contribution in [3.8, 4) is 0 Å². The molecule has 0 spiro atoms. The predicted molar refractivity (Wildman–Crippen MR) is 51.3 cm³/mol. The van der Waals surface area contributed by atoms with Crippen LogP contribution in [0.25, 0.3) is 0 Å². The number of rotatable bonds is 2. The van der Waals surface area contributed by atoms with Crippen molar-refractivity contribution in [2.24, 2.45) is 5.16 Å². The van der Waals surface area contributed by atoms with Crippen molar-refractivity contribution in [1.82, 2.24) is 0 Å². The van der Waals surface area contributed by atoms with Crippen LogP contribution < -0.4 is 0 Å². The molecule has 0 amide bonds. The molecule has 14 heavy (non-hydrogen) atoms. The summed E-state index contributed by atoms with van der Waals surface area (Å²) in [7, 11) is -3.59. The van der Waals surface area contributed by atoms with Crippen LogP contribution in [0.3, 0.4) is 0 Å². The third kappa shape index (κ3) is 3.14. The molecule has 6 heteroatoms. The molecule has 0 aromatic heterocycles. The zero-order chi connectivity index (χ0) is 10.8. The minimum atomic E-state index is -3.59. The van der Waals surface area contributed by atoms with E-state index >= 15 is 0 Å². The highest BCUT2D eigenvalue weighted by molar-refractivity contribution is 7.85. The first kappa shape index (κ1) is 10.6. The van der Waals surface area contributed by atoms with E-state index in [9.17, 15) is 13.2 Å². The zero-order valence-corrected chi connectivity index (χ0v) is 8.54. The highest BCUT2D eigenvalue weighted by Crippen LogP contribution is 2.06. The number of allylic oxidation sites excluding steroid dienone is 4. The van der Waals surface area contributed by atoms with E-state index in [0.29, 0.717) is 11.3 Å². The summed E-state index contributed by atoms with van der Waals surface area (Å²) in [6, 6.07) is 0. The van der Waals surface area contributed by atoms with Gasteiger partial charge >= 0.3 is 10.1 Å². The van der Waals surface area contributed by atoms with E-state index in [-0.39, 0.29) is 5.78 Å². The second-order valence-electron chi connectivity index (χ2n) is 2.82. The number of carbonyl (C=O) groups is 1. The summed E-state index contributed by atoms with van der Waals surface area (Å²) in [6.45, 7) is 1.64. The lowest BCUT2D eigenvalue weighted by atomic mass is 10.1. The largest absolute Gasteiger partial charge is 0.325 e. The smallest absolute Gasteiger partial charge is 0.290 e. The van der Waals surface area contributed by atoms with Gasteiger partial charge in [0.05, 0.1) is 6.26 Å². The quantitative estimate of drug-likeness (QED) is 0.494. The van der Waals surface area contributed by atoms with Crippen molar-refractivity contribution < 1.29 is 17.5 Å². The number of oxime groups is 1. The Kier molecular flexibility index (Phi) is 2.85. The number of carbonyl (C=O) groups excluding carboxylic acids is 1. The van der Waals surface area contributed by atoms with Crippen LogP contribution in [-0.4, -0.2) is 26.2 Å². The third-order valence-corrected chi connectivity index (χ3v) is 1.78. The Balaban J connectivity index is 2.86. The van der Waals surface area contributed by atoms with Gasteiger partial charge in [0.1, 0.15) is 5.71 Å². The molecule has 1 aliphatic carbocycles. The Bertz CT molecular complexity index is 442. The Morgan fingerprint density at radius 1 is 1.36 bits per heavy atom. The minimum absolute atomic E-state index is 0.152. The molecule has 0 aliphatic heterocycles. The SMILES string of the molecule is CC1=CC(=O)C=C/C1=N/OS(C)(=O)=O. The first-order chi connectivity index (χ1) is 6.38. The van der Waals surface area contributed by atoms with Gasteiger partial charge in [-0.15, -0.1) is 0 Å². The molecule has 1 rings (SSSR count). The van der Waals surface area contributed by atoms with Crippen LogP contribution in [0.15, 0.2) is 29.0 Å². The highest BCUT2D eigenvalue weighted by atomic mass is 32.2. The molecule has 0 radical (unpaired) electrons. The van der Waals surface area contributed by atoms with Crippen LogP contribution in [0.2, 0.25) is 0 Å². The van der Waals surface area contributed by atoms with Crippen molar-refractivity contribution >= 4 is 21.6 Å². The molecule has 0 N–H and O–H groups in total. The van der Waals surface area contributed by atoms with E-state index in [1.807, 2.05) is 0 Å². The molecule has 0 saturated carbocycles. The molecular weight excluding hydrogens is 206 g/mol. The number of hydrogen-bond donors (Lipinski definition) is 0. The second-order valence-corrected chi connectivity index (χ2v) is 4.38. The molecule has 0 atom stereocenters. The molecule has 0 aromatic rings. The first-order valence-corrected chi connectivity index (χ1v) is 5.57. The maximum atomic E-state index is 10.8. The van der Waals surface area contributed by atoms with Gasteiger partial charge in [0.15, 0.2) is 5.78 Å². The van der Waals surface area contributed by atoms with Crippen LogP contribution in [0.4, 0.5) is 0 Å². The van der Waals surface area contributed by atoms with Crippen molar-refractivity contribution in [3.63, 3.8) is 0 Å². The Labute approximate surface area is 81.9 Å². The first-order valence-electron chi connectivity index (χ1n) is 3.76. The van der Waals surface area contributed by atoms with Gasteiger partial charge in [-0.05, 0) is 30.7 Å². The molecule has 0 heterocycles. The average Bonchev–Trinajstić information content (AvgIpc) is 2.00. The fraction of sp³-hybridized carbons (Fsp3) is 0.250. The number of hydrogen-bond acceptors (Lipinski definition) is 5. The van der Waals surface area contributed by atoms with Gasteiger partial charge < -0.3 is 0 Å². The van der Waals surface area contributed by atoms with Crippen LogP contribution in [0.1, 0.15) is 6.92 Å². The summed E-state index contributed by atoms with van der Waals surface area (Å²) in [5.74, 6) is -0.152. The van der Waals surface area contributed by atoms with Crippen LogP contribution in [0, 0.1) is 0 Å². The van der Waals surface area contributed by atoms with Gasteiger partial charge in [-0.2, -0.15) is 8.42 Å². The Morgan fingerprint density at radius 2 is 2.00 bits per heavy atom. The van der Waals surface area contributed by atoms with Crippen molar-refractivity contribution in [2.75, 3.05) is 6.26 Å². The fourth-order valence-electron chi connectivity index (χ4n) is 0.838. The maximum absolute atomic E-state index is 10.8. The van der Waals surface area contributed by atoms with E-state index in [2.05, 4.69) is 9.44 Å².